The highest BCUT2D eigenvalue weighted by Gasteiger charge is 2.26. The summed E-state index contributed by atoms with van der Waals surface area (Å²) < 4.78 is 2.01. The Kier molecular flexibility index (Phi) is 5.15. The number of hydrogen-bond acceptors (Lipinski definition) is 4. The normalized spacial score (nSPS) is 12.6. The van der Waals surface area contributed by atoms with Crippen molar-refractivity contribution in [1.29, 1.82) is 0 Å². The number of nitrogens with zero attached hydrogens (tertiary/aromatic N) is 3. The quantitative estimate of drug-likeness (QED) is 0.467. The smallest absolute Gasteiger partial charge is 0.231 e. The highest BCUT2D eigenvalue weighted by molar-refractivity contribution is 8.00. The van der Waals surface area contributed by atoms with Crippen LogP contribution in [0.3, 0.4) is 0 Å². The van der Waals surface area contributed by atoms with E-state index in [1.807, 2.05) is 67.9 Å². The van der Waals surface area contributed by atoms with Crippen LogP contribution in [0, 0.1) is 12.8 Å². The van der Waals surface area contributed by atoms with Crippen LogP contribution in [0.2, 0.25) is 0 Å². The van der Waals surface area contributed by atoms with Crippen LogP contribution in [0.4, 0.5) is 0 Å². The zero-order chi connectivity index (χ0) is 20.5. The van der Waals surface area contributed by atoms with Gasteiger partial charge in [-0.3, -0.25) is 9.36 Å². The highest BCUT2D eigenvalue weighted by atomic mass is 32.2. The number of carbonyl (C=O) groups is 1. The lowest BCUT2D eigenvalue weighted by Crippen LogP contribution is -2.30. The number of H-pyrrole nitrogens is 1. The molecule has 0 bridgehead atoms. The van der Waals surface area contributed by atoms with Gasteiger partial charge in [0.25, 0.3) is 0 Å². The van der Waals surface area contributed by atoms with Gasteiger partial charge in [0.15, 0.2) is 11.0 Å². The summed E-state index contributed by atoms with van der Waals surface area (Å²) in [5.74, 6) is 0.455. The summed E-state index contributed by atoms with van der Waals surface area (Å²) in [4.78, 5) is 15.3. The number of nitrogens with two attached hydrogens (primary N) is 1. The lowest BCUT2D eigenvalue weighted by atomic mass is 10.1. The van der Waals surface area contributed by atoms with Gasteiger partial charge in [0, 0.05) is 28.4 Å². The van der Waals surface area contributed by atoms with Gasteiger partial charge in [-0.2, -0.15) is 0 Å². The van der Waals surface area contributed by atoms with Gasteiger partial charge in [0.2, 0.25) is 5.91 Å². The Bertz CT molecular complexity index is 1180. The van der Waals surface area contributed by atoms with Crippen molar-refractivity contribution >= 4 is 28.6 Å². The second-order valence-corrected chi connectivity index (χ2v) is 8.52. The maximum Gasteiger partial charge on any atom is 0.231 e. The molecular weight excluding hydrogens is 382 g/mol. The number of carbonyl (C=O) groups excluding carboxylic acids is 1. The Morgan fingerprint density at radius 1 is 1.14 bits per heavy atom. The van der Waals surface area contributed by atoms with Gasteiger partial charge in [-0.15, -0.1) is 10.2 Å². The monoisotopic (exact) mass is 405 g/mol. The molecule has 29 heavy (non-hydrogen) atoms. The van der Waals surface area contributed by atoms with Crippen LogP contribution in [0.15, 0.2) is 59.9 Å². The second-order valence-electron chi connectivity index (χ2n) is 7.41. The van der Waals surface area contributed by atoms with Gasteiger partial charge in [0.1, 0.15) is 0 Å². The van der Waals surface area contributed by atoms with E-state index in [2.05, 4.69) is 27.3 Å². The van der Waals surface area contributed by atoms with E-state index in [1.165, 1.54) is 11.8 Å². The van der Waals surface area contributed by atoms with Crippen molar-refractivity contribution in [2.75, 3.05) is 0 Å². The fourth-order valence-corrected chi connectivity index (χ4v) is 4.41. The predicted molar refractivity (Wildman–Crippen MR) is 117 cm³/mol. The first-order chi connectivity index (χ1) is 14.0. The molecule has 4 rings (SSSR count). The Hall–Kier alpha value is -3.06. The molecule has 4 aromatic rings. The summed E-state index contributed by atoms with van der Waals surface area (Å²) in [5, 5.41) is 10.3. The number of para-hydroxylation sites is 1. The number of rotatable bonds is 6. The Labute approximate surface area is 173 Å². The Morgan fingerprint density at radius 2 is 1.93 bits per heavy atom. The second kappa shape index (κ2) is 7.75. The van der Waals surface area contributed by atoms with E-state index in [0.717, 1.165) is 33.5 Å². The maximum atomic E-state index is 12.0. The summed E-state index contributed by atoms with van der Waals surface area (Å²) in [6.45, 7) is 6.01. The lowest BCUT2D eigenvalue weighted by Gasteiger charge is -2.17. The molecule has 0 aliphatic rings. The number of thioether (sulfide) groups is 1. The average molecular weight is 406 g/mol. The topological polar surface area (TPSA) is 89.6 Å². The maximum absolute atomic E-state index is 12.0. The Morgan fingerprint density at radius 3 is 2.66 bits per heavy atom. The number of aromatic nitrogens is 4. The van der Waals surface area contributed by atoms with Crippen molar-refractivity contribution in [3.05, 3.63) is 60.3 Å². The number of hydrogen-bond donors (Lipinski definition) is 2. The molecule has 1 atom stereocenters. The van der Waals surface area contributed by atoms with Crippen LogP contribution in [0.25, 0.3) is 28.0 Å². The molecule has 0 aliphatic carbocycles. The summed E-state index contributed by atoms with van der Waals surface area (Å²) in [5.41, 5.74) is 9.73. The molecule has 0 spiro atoms. The lowest BCUT2D eigenvalue weighted by molar-refractivity contribution is -0.118. The van der Waals surface area contributed by atoms with Gasteiger partial charge in [-0.05, 0) is 36.6 Å². The molecule has 0 saturated heterocycles. The van der Waals surface area contributed by atoms with Gasteiger partial charge in [-0.25, -0.2) is 0 Å². The molecule has 0 aliphatic heterocycles. The molecule has 0 radical (unpaired) electrons. The molecule has 0 saturated carbocycles. The van der Waals surface area contributed by atoms with Crippen molar-refractivity contribution in [1.82, 2.24) is 19.7 Å². The van der Waals surface area contributed by atoms with Crippen molar-refractivity contribution in [2.24, 2.45) is 11.7 Å². The van der Waals surface area contributed by atoms with E-state index >= 15 is 0 Å². The minimum absolute atomic E-state index is 0.0803. The molecule has 148 valence electrons. The molecule has 0 unspecified atom stereocenters. The van der Waals surface area contributed by atoms with Crippen LogP contribution in [-0.4, -0.2) is 30.9 Å². The van der Waals surface area contributed by atoms with Crippen LogP contribution < -0.4 is 5.73 Å². The van der Waals surface area contributed by atoms with E-state index in [1.54, 1.807) is 0 Å². The number of amides is 1. The van der Waals surface area contributed by atoms with Crippen molar-refractivity contribution in [2.45, 2.75) is 31.2 Å². The van der Waals surface area contributed by atoms with E-state index in [4.69, 9.17) is 5.73 Å². The third-order valence-electron chi connectivity index (χ3n) is 4.84. The third-order valence-corrected chi connectivity index (χ3v) is 6.35. The SMILES string of the molecule is Cc1cccc(-n2c(S[C@H](C(N)=O)C(C)C)nnc2-c2c[nH]c3ccccc23)c1. The number of benzene rings is 2. The van der Waals surface area contributed by atoms with E-state index in [-0.39, 0.29) is 11.8 Å². The summed E-state index contributed by atoms with van der Waals surface area (Å²) in [6, 6.07) is 16.2. The van der Waals surface area contributed by atoms with Crippen molar-refractivity contribution < 1.29 is 4.79 Å². The number of fused-ring (bicyclic) bond motifs is 1. The molecule has 7 heteroatoms. The summed E-state index contributed by atoms with van der Waals surface area (Å²) in [7, 11) is 0. The Balaban J connectivity index is 1.91. The zero-order valence-corrected chi connectivity index (χ0v) is 17.4. The zero-order valence-electron chi connectivity index (χ0n) is 16.6. The summed E-state index contributed by atoms with van der Waals surface area (Å²) >= 11 is 1.36. The molecule has 2 heterocycles. The van der Waals surface area contributed by atoms with Crippen molar-refractivity contribution in [3.8, 4) is 17.1 Å². The standard InChI is InChI=1S/C22H23N5OS/c1-13(2)19(20(23)28)29-22-26-25-21(27(22)15-8-6-7-14(3)11-15)17-12-24-18-10-5-4-9-16(17)18/h4-13,19,24H,1-3H3,(H2,23,28)/t19-/m0/s1. The number of aromatic amines is 1. The number of primary amides is 1. The molecule has 1 amide bonds. The van der Waals surface area contributed by atoms with Gasteiger partial charge in [0.05, 0.1) is 5.25 Å². The first-order valence-electron chi connectivity index (χ1n) is 9.50. The minimum atomic E-state index is -0.390. The minimum Gasteiger partial charge on any atom is -0.369 e. The average Bonchev–Trinajstić information content (AvgIpc) is 3.29. The third kappa shape index (κ3) is 3.65. The molecule has 3 N–H and O–H groups in total. The van der Waals surface area contributed by atoms with E-state index in [9.17, 15) is 4.79 Å². The van der Waals surface area contributed by atoms with Gasteiger partial charge < -0.3 is 10.7 Å². The van der Waals surface area contributed by atoms with Gasteiger partial charge >= 0.3 is 0 Å². The fourth-order valence-electron chi connectivity index (χ4n) is 3.41. The van der Waals surface area contributed by atoms with Crippen LogP contribution in [-0.2, 0) is 4.79 Å². The molecule has 2 aromatic carbocycles. The van der Waals surface area contributed by atoms with E-state index < -0.39 is 5.25 Å². The van der Waals surface area contributed by atoms with Gasteiger partial charge in [-0.1, -0.05) is 55.9 Å². The molecule has 0 fully saturated rings. The molecular formula is C22H23N5OS. The van der Waals surface area contributed by atoms with Crippen LogP contribution in [0.5, 0.6) is 0 Å². The number of nitrogens with one attached hydrogen (secondary N) is 1. The first kappa shape index (κ1) is 19.3. The highest BCUT2D eigenvalue weighted by Crippen LogP contribution is 2.35. The van der Waals surface area contributed by atoms with Crippen LogP contribution in [0.1, 0.15) is 19.4 Å². The van der Waals surface area contributed by atoms with Crippen LogP contribution >= 0.6 is 11.8 Å². The summed E-state index contributed by atoms with van der Waals surface area (Å²) in [6.07, 6.45) is 1.95. The molecule has 2 aromatic heterocycles. The first-order valence-corrected chi connectivity index (χ1v) is 10.4. The predicted octanol–water partition coefficient (Wildman–Crippen LogP) is 4.33. The fraction of sp³-hybridized carbons (Fsp3) is 0.227. The molecule has 6 nitrogen and oxygen atoms in total. The van der Waals surface area contributed by atoms with E-state index in [0.29, 0.717) is 5.16 Å². The largest absolute Gasteiger partial charge is 0.369 e. The van der Waals surface area contributed by atoms with Crippen molar-refractivity contribution in [3.63, 3.8) is 0 Å². The number of aryl methyl sites for hydroxylation is 1.